The van der Waals surface area contributed by atoms with Gasteiger partial charge in [-0.3, -0.25) is 19.8 Å². The highest BCUT2D eigenvalue weighted by atomic mass is 16.6. The molecule has 2 heterocycles. The van der Waals surface area contributed by atoms with E-state index in [1.165, 1.54) is 0 Å². The van der Waals surface area contributed by atoms with Crippen molar-refractivity contribution in [3.63, 3.8) is 0 Å². The number of amides is 3. The van der Waals surface area contributed by atoms with E-state index in [2.05, 4.69) is 10.6 Å². The quantitative estimate of drug-likeness (QED) is 0.730. The van der Waals surface area contributed by atoms with E-state index in [9.17, 15) is 14.4 Å². The Labute approximate surface area is 177 Å². The van der Waals surface area contributed by atoms with Crippen molar-refractivity contribution in [1.29, 1.82) is 0 Å². The van der Waals surface area contributed by atoms with Crippen LogP contribution < -0.4 is 20.1 Å². The molecule has 2 N–H and O–H groups in total. The molecular weight excluding hydrogens is 386 g/mol. The molecule has 8 heteroatoms. The summed E-state index contributed by atoms with van der Waals surface area (Å²) in [6, 6.07) is 4.38. The molecule has 0 spiro atoms. The van der Waals surface area contributed by atoms with Crippen LogP contribution in [-0.4, -0.2) is 60.5 Å². The number of benzene rings is 1. The normalized spacial score (nSPS) is 18.4. The van der Waals surface area contributed by atoms with E-state index in [1.54, 1.807) is 25.1 Å². The fourth-order valence-corrected chi connectivity index (χ4v) is 3.74. The zero-order valence-electron chi connectivity index (χ0n) is 18.1. The number of fused-ring (bicyclic) bond motifs is 1. The molecule has 3 rings (SSSR count). The maximum atomic E-state index is 12.9. The number of carbonyl (C=O) groups is 3. The summed E-state index contributed by atoms with van der Waals surface area (Å²) in [5.74, 6) is 0.941. The van der Waals surface area contributed by atoms with Crippen LogP contribution in [0.1, 0.15) is 50.9 Å². The number of carbonyl (C=O) groups excluding carboxylic acids is 3. The van der Waals surface area contributed by atoms with Crippen molar-refractivity contribution in [2.45, 2.75) is 52.1 Å². The van der Waals surface area contributed by atoms with Gasteiger partial charge in [-0.05, 0) is 71.8 Å². The number of hydrogen-bond donors (Lipinski definition) is 2. The van der Waals surface area contributed by atoms with Gasteiger partial charge in [0.25, 0.3) is 0 Å². The highest BCUT2D eigenvalue weighted by Gasteiger charge is 2.31. The van der Waals surface area contributed by atoms with Crippen LogP contribution in [0, 0.1) is 5.92 Å². The Morgan fingerprint density at radius 3 is 2.33 bits per heavy atom. The van der Waals surface area contributed by atoms with Crippen LogP contribution >= 0.6 is 0 Å². The Morgan fingerprint density at radius 1 is 1.07 bits per heavy atom. The van der Waals surface area contributed by atoms with Gasteiger partial charge in [-0.15, -0.1) is 0 Å². The molecule has 0 saturated carbocycles. The number of imide groups is 1. The van der Waals surface area contributed by atoms with Crippen LogP contribution in [0.5, 0.6) is 11.5 Å². The van der Waals surface area contributed by atoms with Crippen molar-refractivity contribution in [2.24, 2.45) is 5.92 Å². The Kier molecular flexibility index (Phi) is 6.65. The number of piperidine rings is 1. The van der Waals surface area contributed by atoms with E-state index >= 15 is 0 Å². The lowest BCUT2D eigenvalue weighted by atomic mass is 9.88. The summed E-state index contributed by atoms with van der Waals surface area (Å²) in [6.45, 7) is 9.58. The molecule has 0 radical (unpaired) electrons. The summed E-state index contributed by atoms with van der Waals surface area (Å²) in [5.41, 5.74) is 0.211. The molecule has 1 atom stereocenters. The van der Waals surface area contributed by atoms with Crippen LogP contribution in [0.15, 0.2) is 18.2 Å². The Morgan fingerprint density at radius 2 is 1.70 bits per heavy atom. The first-order valence-corrected chi connectivity index (χ1v) is 10.4. The molecule has 1 aromatic rings. The number of Topliss-reactive ketones (excluding diaryl/α,β-unsaturated/α-hetero) is 1. The topological polar surface area (TPSA) is 97.0 Å². The van der Waals surface area contributed by atoms with E-state index < -0.39 is 17.6 Å². The van der Waals surface area contributed by atoms with Crippen LogP contribution in [0.3, 0.4) is 0 Å². The van der Waals surface area contributed by atoms with Crippen molar-refractivity contribution >= 4 is 17.7 Å². The summed E-state index contributed by atoms with van der Waals surface area (Å²) in [5, 5.41) is 5.12. The first kappa shape index (κ1) is 22.1. The number of ketones is 1. The van der Waals surface area contributed by atoms with Gasteiger partial charge in [-0.1, -0.05) is 0 Å². The number of ether oxygens (including phenoxy) is 2. The molecule has 1 aromatic carbocycles. The average molecular weight is 418 g/mol. The van der Waals surface area contributed by atoms with Gasteiger partial charge < -0.3 is 14.8 Å². The van der Waals surface area contributed by atoms with Crippen molar-refractivity contribution in [1.82, 2.24) is 15.5 Å². The highest BCUT2D eigenvalue weighted by molar-refractivity contribution is 5.99. The van der Waals surface area contributed by atoms with Crippen LogP contribution in [-0.2, 0) is 4.79 Å². The standard InChI is InChI=1S/C22H31N3O5/c1-14(20(27)23-21(28)24-22(2,3)4)25-9-7-15(8-10-25)19(26)16-5-6-17-18(13-16)30-12-11-29-17/h5-6,13-15H,7-12H2,1-4H3,(H2,23,24,27,28)/t14-/m1/s1. The second-order valence-electron chi connectivity index (χ2n) is 8.90. The molecule has 0 bridgehead atoms. The minimum Gasteiger partial charge on any atom is -0.486 e. The number of nitrogens with zero attached hydrogens (tertiary/aromatic N) is 1. The molecule has 8 nitrogen and oxygen atoms in total. The lowest BCUT2D eigenvalue weighted by Gasteiger charge is -2.34. The number of nitrogens with one attached hydrogen (secondary N) is 2. The Bertz CT molecular complexity index is 809. The minimum atomic E-state index is -0.497. The van der Waals surface area contributed by atoms with Crippen LogP contribution in [0.2, 0.25) is 0 Å². The molecule has 0 unspecified atom stereocenters. The largest absolute Gasteiger partial charge is 0.486 e. The minimum absolute atomic E-state index is 0.0910. The predicted octanol–water partition coefficient (Wildman–Crippen LogP) is 2.37. The van der Waals surface area contributed by atoms with Gasteiger partial charge in [0.15, 0.2) is 17.3 Å². The van der Waals surface area contributed by atoms with Crippen molar-refractivity contribution in [3.8, 4) is 11.5 Å². The third-order valence-corrected chi connectivity index (χ3v) is 5.38. The molecule has 0 aromatic heterocycles. The van der Waals surface area contributed by atoms with E-state index in [-0.39, 0.29) is 17.6 Å². The molecular formula is C22H31N3O5. The second kappa shape index (κ2) is 9.04. The zero-order chi connectivity index (χ0) is 21.9. The van der Waals surface area contributed by atoms with Crippen molar-refractivity contribution < 1.29 is 23.9 Å². The summed E-state index contributed by atoms with van der Waals surface area (Å²) in [4.78, 5) is 39.3. The molecule has 30 heavy (non-hydrogen) atoms. The second-order valence-corrected chi connectivity index (χ2v) is 8.90. The van der Waals surface area contributed by atoms with Gasteiger partial charge in [0.05, 0.1) is 6.04 Å². The van der Waals surface area contributed by atoms with Gasteiger partial charge in [0, 0.05) is 17.0 Å². The number of rotatable bonds is 4. The molecule has 2 aliphatic heterocycles. The third-order valence-electron chi connectivity index (χ3n) is 5.38. The van der Waals surface area contributed by atoms with Gasteiger partial charge in [-0.25, -0.2) is 4.79 Å². The summed E-state index contributed by atoms with van der Waals surface area (Å²) >= 11 is 0. The van der Waals surface area contributed by atoms with E-state index in [4.69, 9.17) is 9.47 Å². The maximum Gasteiger partial charge on any atom is 0.321 e. The number of hydrogen-bond acceptors (Lipinski definition) is 6. The lowest BCUT2D eigenvalue weighted by Crippen LogP contribution is -2.54. The first-order valence-electron chi connectivity index (χ1n) is 10.4. The van der Waals surface area contributed by atoms with Gasteiger partial charge >= 0.3 is 6.03 Å². The lowest BCUT2D eigenvalue weighted by molar-refractivity contribution is -0.125. The number of urea groups is 1. The summed E-state index contributed by atoms with van der Waals surface area (Å²) < 4.78 is 11.1. The molecule has 3 amide bonds. The van der Waals surface area contributed by atoms with Crippen LogP contribution in [0.25, 0.3) is 0 Å². The Hall–Kier alpha value is -2.61. The maximum absolute atomic E-state index is 12.9. The summed E-state index contributed by atoms with van der Waals surface area (Å²) in [6.07, 6.45) is 1.33. The first-order chi connectivity index (χ1) is 14.1. The molecule has 0 aliphatic carbocycles. The van der Waals surface area contributed by atoms with Crippen LogP contribution in [0.4, 0.5) is 4.79 Å². The monoisotopic (exact) mass is 417 g/mol. The molecule has 1 saturated heterocycles. The van der Waals surface area contributed by atoms with E-state index in [0.717, 1.165) is 0 Å². The zero-order valence-corrected chi connectivity index (χ0v) is 18.1. The smallest absolute Gasteiger partial charge is 0.321 e. The average Bonchev–Trinajstić information content (AvgIpc) is 2.71. The number of likely N-dealkylation sites (tertiary alicyclic amines) is 1. The molecule has 1 fully saturated rings. The predicted molar refractivity (Wildman–Crippen MR) is 112 cm³/mol. The van der Waals surface area contributed by atoms with Gasteiger partial charge in [0.2, 0.25) is 5.91 Å². The van der Waals surface area contributed by atoms with Crippen molar-refractivity contribution in [3.05, 3.63) is 23.8 Å². The van der Waals surface area contributed by atoms with Crippen molar-refractivity contribution in [2.75, 3.05) is 26.3 Å². The SMILES string of the molecule is C[C@H](C(=O)NC(=O)NC(C)(C)C)N1CCC(C(=O)c2ccc3c(c2)OCCO3)CC1. The summed E-state index contributed by atoms with van der Waals surface area (Å²) in [7, 11) is 0. The fraction of sp³-hybridized carbons (Fsp3) is 0.591. The molecule has 2 aliphatic rings. The highest BCUT2D eigenvalue weighted by Crippen LogP contribution is 2.32. The fourth-order valence-electron chi connectivity index (χ4n) is 3.74. The molecule has 164 valence electrons. The van der Waals surface area contributed by atoms with Gasteiger partial charge in [0.1, 0.15) is 13.2 Å². The van der Waals surface area contributed by atoms with Gasteiger partial charge in [-0.2, -0.15) is 0 Å². The van der Waals surface area contributed by atoms with E-state index in [0.29, 0.717) is 56.2 Å². The third kappa shape index (κ3) is 5.50. The Balaban J connectivity index is 1.52. The van der Waals surface area contributed by atoms with E-state index in [1.807, 2.05) is 25.7 Å².